The lowest BCUT2D eigenvalue weighted by Crippen LogP contribution is -1.94. The van der Waals surface area contributed by atoms with Gasteiger partial charge in [-0.25, -0.2) is 9.97 Å². The third kappa shape index (κ3) is 2.26. The average Bonchev–Trinajstić information content (AvgIpc) is 3.12. The second kappa shape index (κ2) is 4.98. The number of aromatic nitrogens is 5. The van der Waals surface area contributed by atoms with E-state index in [0.717, 1.165) is 22.5 Å². The zero-order valence-corrected chi connectivity index (χ0v) is 12.5. The first-order chi connectivity index (χ1) is 11.1. The number of hydrogen-bond donors (Lipinski definition) is 0. The number of hydrogen-bond acceptors (Lipinski definition) is 5. The van der Waals surface area contributed by atoms with Gasteiger partial charge in [0.2, 0.25) is 17.6 Å². The maximum Gasteiger partial charge on any atom is 0.250 e. The molecule has 6 nitrogen and oxygen atoms in total. The smallest absolute Gasteiger partial charge is 0.250 e. The lowest BCUT2D eigenvalue weighted by molar-refractivity contribution is 0.558. The molecule has 0 amide bonds. The first-order valence-corrected chi connectivity index (χ1v) is 6.98. The summed E-state index contributed by atoms with van der Waals surface area (Å²) in [6, 6.07) is 4.73. The molecule has 0 aromatic carbocycles. The maximum atomic E-state index is 13.2. The van der Waals surface area contributed by atoms with Crippen molar-refractivity contribution in [1.82, 2.24) is 24.5 Å². The molecule has 4 aromatic rings. The zero-order chi connectivity index (χ0) is 16.0. The van der Waals surface area contributed by atoms with Gasteiger partial charge in [-0.15, -0.1) is 0 Å². The molecule has 7 heteroatoms. The van der Waals surface area contributed by atoms with Crippen LogP contribution in [0.2, 0.25) is 0 Å². The molecule has 0 spiro atoms. The summed E-state index contributed by atoms with van der Waals surface area (Å²) in [7, 11) is 1.91. The number of aryl methyl sites for hydroxylation is 2. The van der Waals surface area contributed by atoms with E-state index in [1.807, 2.05) is 24.6 Å². The monoisotopic (exact) mass is 309 g/mol. The van der Waals surface area contributed by atoms with Gasteiger partial charge in [-0.2, -0.15) is 9.37 Å². The van der Waals surface area contributed by atoms with Crippen LogP contribution in [0.1, 0.15) is 5.56 Å². The van der Waals surface area contributed by atoms with Crippen LogP contribution < -0.4 is 0 Å². The Labute approximate surface area is 130 Å². The van der Waals surface area contributed by atoms with Crippen molar-refractivity contribution in [2.75, 3.05) is 0 Å². The van der Waals surface area contributed by atoms with Crippen molar-refractivity contribution in [2.45, 2.75) is 6.92 Å². The van der Waals surface area contributed by atoms with Gasteiger partial charge in [0.15, 0.2) is 0 Å². The van der Waals surface area contributed by atoms with E-state index in [0.29, 0.717) is 11.4 Å². The van der Waals surface area contributed by atoms with E-state index >= 15 is 0 Å². The largest absolute Gasteiger partial charge is 0.418 e. The number of fused-ring (bicyclic) bond motifs is 1. The summed E-state index contributed by atoms with van der Waals surface area (Å²) < 4.78 is 20.6. The topological polar surface area (TPSA) is 69.6 Å². The van der Waals surface area contributed by atoms with Crippen molar-refractivity contribution in [2.24, 2.45) is 7.05 Å². The quantitative estimate of drug-likeness (QED) is 0.532. The average molecular weight is 309 g/mol. The molecular formula is C16H12FN5O. The van der Waals surface area contributed by atoms with Crippen LogP contribution >= 0.6 is 0 Å². The molecule has 4 rings (SSSR count). The molecule has 4 heterocycles. The van der Waals surface area contributed by atoms with E-state index in [1.54, 1.807) is 18.7 Å². The van der Waals surface area contributed by atoms with E-state index < -0.39 is 5.95 Å². The van der Waals surface area contributed by atoms with Crippen molar-refractivity contribution in [3.05, 3.63) is 48.4 Å². The van der Waals surface area contributed by atoms with E-state index in [-0.39, 0.29) is 5.71 Å². The summed E-state index contributed by atoms with van der Waals surface area (Å²) in [5.41, 5.74) is 4.11. The first kappa shape index (κ1) is 13.6. The van der Waals surface area contributed by atoms with Crippen LogP contribution in [-0.2, 0) is 7.05 Å². The van der Waals surface area contributed by atoms with Crippen LogP contribution in [0, 0.1) is 12.9 Å². The second-order valence-electron chi connectivity index (χ2n) is 5.25. The molecule has 0 fully saturated rings. The van der Waals surface area contributed by atoms with Gasteiger partial charge in [-0.3, -0.25) is 4.98 Å². The molecule has 0 radical (unpaired) electrons. The van der Waals surface area contributed by atoms with Crippen molar-refractivity contribution in [3.63, 3.8) is 0 Å². The molecule has 0 N–H and O–H groups in total. The number of nitrogens with zero attached hydrogens (tertiary/aromatic N) is 5. The van der Waals surface area contributed by atoms with E-state index in [1.165, 1.54) is 12.1 Å². The van der Waals surface area contributed by atoms with Crippen molar-refractivity contribution >= 4 is 11.2 Å². The van der Waals surface area contributed by atoms with E-state index in [4.69, 9.17) is 4.42 Å². The maximum absolute atomic E-state index is 13.2. The number of pyridine rings is 2. The third-order valence-electron chi connectivity index (χ3n) is 3.64. The van der Waals surface area contributed by atoms with Crippen LogP contribution in [0.4, 0.5) is 4.39 Å². The minimum atomic E-state index is -0.596. The van der Waals surface area contributed by atoms with Gasteiger partial charge in [0.05, 0.1) is 29.5 Å². The number of imidazole rings is 1. The van der Waals surface area contributed by atoms with Crippen LogP contribution in [0.25, 0.3) is 34.1 Å². The van der Waals surface area contributed by atoms with Crippen molar-refractivity contribution in [1.29, 1.82) is 0 Å². The normalized spacial score (nSPS) is 11.3. The molecule has 23 heavy (non-hydrogen) atoms. The molecule has 4 aromatic heterocycles. The Morgan fingerprint density at radius 1 is 1.17 bits per heavy atom. The summed E-state index contributed by atoms with van der Waals surface area (Å²) in [5.74, 6) is -0.221. The highest BCUT2D eigenvalue weighted by Crippen LogP contribution is 2.28. The number of rotatable bonds is 2. The zero-order valence-electron chi connectivity index (χ0n) is 12.5. The van der Waals surface area contributed by atoms with Crippen LogP contribution in [0.15, 0.2) is 41.3 Å². The second-order valence-corrected chi connectivity index (χ2v) is 5.25. The van der Waals surface area contributed by atoms with Crippen molar-refractivity contribution < 1.29 is 8.81 Å². The summed E-state index contributed by atoms with van der Waals surface area (Å²) in [6.45, 7) is 1.94. The van der Waals surface area contributed by atoms with Gasteiger partial charge >= 0.3 is 0 Å². The van der Waals surface area contributed by atoms with Gasteiger partial charge in [0.25, 0.3) is 0 Å². The SMILES string of the molecule is Cc1cc(-c2cncn2C)ncc1-c1nc2ccc(F)nc2o1. The molecule has 0 unspecified atom stereocenters. The van der Waals surface area contributed by atoms with Gasteiger partial charge in [0.1, 0.15) is 5.52 Å². The number of halogens is 1. The fraction of sp³-hybridized carbons (Fsp3) is 0.125. The summed E-state index contributed by atoms with van der Waals surface area (Å²) in [4.78, 5) is 16.6. The van der Waals surface area contributed by atoms with Crippen LogP contribution in [0.3, 0.4) is 0 Å². The summed E-state index contributed by atoms with van der Waals surface area (Å²) >= 11 is 0. The molecule has 0 aliphatic rings. The van der Waals surface area contributed by atoms with Gasteiger partial charge in [-0.1, -0.05) is 0 Å². The summed E-state index contributed by atoms with van der Waals surface area (Å²) in [5, 5.41) is 0. The van der Waals surface area contributed by atoms with E-state index in [2.05, 4.69) is 19.9 Å². The Morgan fingerprint density at radius 2 is 2.04 bits per heavy atom. The number of oxazole rings is 1. The lowest BCUT2D eigenvalue weighted by atomic mass is 10.1. The first-order valence-electron chi connectivity index (χ1n) is 6.98. The van der Waals surface area contributed by atoms with Gasteiger partial charge < -0.3 is 8.98 Å². The van der Waals surface area contributed by atoms with Crippen LogP contribution in [0.5, 0.6) is 0 Å². The fourth-order valence-corrected chi connectivity index (χ4v) is 2.43. The Balaban J connectivity index is 1.80. The van der Waals surface area contributed by atoms with Gasteiger partial charge in [-0.05, 0) is 30.7 Å². The molecule has 114 valence electrons. The Hall–Kier alpha value is -3.09. The molecule has 0 bridgehead atoms. The molecule has 0 atom stereocenters. The molecule has 0 saturated heterocycles. The molecular weight excluding hydrogens is 297 g/mol. The van der Waals surface area contributed by atoms with Gasteiger partial charge in [0, 0.05) is 13.2 Å². The molecule has 0 aliphatic carbocycles. The van der Waals surface area contributed by atoms with Crippen LogP contribution in [-0.4, -0.2) is 24.5 Å². The Morgan fingerprint density at radius 3 is 2.78 bits per heavy atom. The Bertz CT molecular complexity index is 1020. The molecule has 0 aliphatic heterocycles. The predicted molar refractivity (Wildman–Crippen MR) is 81.9 cm³/mol. The minimum Gasteiger partial charge on any atom is -0.418 e. The Kier molecular flexibility index (Phi) is 2.94. The third-order valence-corrected chi connectivity index (χ3v) is 3.64. The van der Waals surface area contributed by atoms with E-state index in [9.17, 15) is 4.39 Å². The highest BCUT2D eigenvalue weighted by atomic mass is 19.1. The van der Waals surface area contributed by atoms with Crippen molar-refractivity contribution in [3.8, 4) is 22.8 Å². The highest BCUT2D eigenvalue weighted by Gasteiger charge is 2.14. The molecule has 0 saturated carbocycles. The lowest BCUT2D eigenvalue weighted by Gasteiger charge is -2.05. The highest BCUT2D eigenvalue weighted by molar-refractivity contribution is 5.73. The standard InChI is InChI=1S/C16H12FN5O/c1-9-5-12(13-7-18-8-22(13)2)19-6-10(9)15-20-11-3-4-14(17)21-16(11)23-15/h3-8H,1-2H3. The minimum absolute atomic E-state index is 0.176. The summed E-state index contributed by atoms with van der Waals surface area (Å²) in [6.07, 6.45) is 5.17. The fourth-order valence-electron chi connectivity index (χ4n) is 2.43. The predicted octanol–water partition coefficient (Wildman–Crippen LogP) is 3.13.